The second-order valence-corrected chi connectivity index (χ2v) is 6.49. The summed E-state index contributed by atoms with van der Waals surface area (Å²) in [5, 5.41) is 48.5. The summed E-state index contributed by atoms with van der Waals surface area (Å²) in [6.45, 7) is -0.470. The van der Waals surface area contributed by atoms with Gasteiger partial charge in [-0.3, -0.25) is 0 Å². The van der Waals surface area contributed by atoms with E-state index in [-0.39, 0.29) is 6.61 Å². The van der Waals surface area contributed by atoms with Gasteiger partial charge in [-0.25, -0.2) is 0 Å². The molecule has 0 unspecified atom stereocenters. The van der Waals surface area contributed by atoms with Gasteiger partial charge in [0.2, 0.25) is 6.29 Å². The van der Waals surface area contributed by atoms with Crippen molar-refractivity contribution >= 4 is 0 Å². The summed E-state index contributed by atoms with van der Waals surface area (Å²) in [5.41, 5.74) is 2.58. The zero-order valence-corrected chi connectivity index (χ0v) is 14.7. The predicted molar refractivity (Wildman–Crippen MR) is 97.1 cm³/mol. The van der Waals surface area contributed by atoms with Gasteiger partial charge in [0.05, 0.1) is 6.61 Å². The number of hydrogen-bond acceptors (Lipinski definition) is 7. The monoisotopic (exact) mass is 376 g/mol. The van der Waals surface area contributed by atoms with Crippen molar-refractivity contribution in [2.45, 2.75) is 37.1 Å². The van der Waals surface area contributed by atoms with Gasteiger partial charge in [0.25, 0.3) is 0 Å². The van der Waals surface area contributed by atoms with E-state index in [0.29, 0.717) is 12.2 Å². The average Bonchev–Trinajstić information content (AvgIpc) is 2.69. The van der Waals surface area contributed by atoms with Crippen LogP contribution in [0.3, 0.4) is 0 Å². The molecule has 5 N–H and O–H groups in total. The quantitative estimate of drug-likeness (QED) is 0.484. The number of aliphatic hydroxyl groups excluding tert-OH is 5. The first-order valence-corrected chi connectivity index (χ1v) is 8.81. The minimum Gasteiger partial charge on any atom is -0.461 e. The lowest BCUT2D eigenvalue weighted by Crippen LogP contribution is -2.60. The molecule has 7 heteroatoms. The van der Waals surface area contributed by atoms with Gasteiger partial charge in [-0.15, -0.1) is 0 Å². The van der Waals surface area contributed by atoms with Crippen LogP contribution < -0.4 is 4.74 Å². The Balaban J connectivity index is 1.87. The van der Waals surface area contributed by atoms with E-state index in [2.05, 4.69) is 0 Å². The van der Waals surface area contributed by atoms with Crippen LogP contribution in [0, 0.1) is 0 Å². The molecule has 0 aliphatic carbocycles. The van der Waals surface area contributed by atoms with E-state index in [1.807, 2.05) is 36.4 Å². The highest BCUT2D eigenvalue weighted by molar-refractivity contribution is 5.70. The summed E-state index contributed by atoms with van der Waals surface area (Å²) in [5.74, 6) is 0.419. The van der Waals surface area contributed by atoms with E-state index in [4.69, 9.17) is 14.6 Å². The van der Waals surface area contributed by atoms with E-state index >= 15 is 0 Å². The topological polar surface area (TPSA) is 120 Å². The van der Waals surface area contributed by atoms with Crippen molar-refractivity contribution in [2.24, 2.45) is 0 Å². The molecule has 3 rings (SSSR count). The Morgan fingerprint density at radius 2 is 1.67 bits per heavy atom. The molecule has 2 aromatic carbocycles. The summed E-state index contributed by atoms with van der Waals surface area (Å²) in [6.07, 6.45) is -6.16. The first-order chi connectivity index (χ1) is 13.0. The number of para-hydroxylation sites is 1. The van der Waals surface area contributed by atoms with Gasteiger partial charge < -0.3 is 35.0 Å². The molecule has 0 saturated carbocycles. The molecule has 1 aliphatic rings. The number of hydrogen-bond donors (Lipinski definition) is 5. The van der Waals surface area contributed by atoms with Crippen LogP contribution in [0.1, 0.15) is 5.56 Å². The molecule has 27 heavy (non-hydrogen) atoms. The maximum absolute atomic E-state index is 10.2. The zero-order chi connectivity index (χ0) is 19.4. The normalized spacial score (nSPS) is 28.1. The Hall–Kier alpha value is -2.00. The second kappa shape index (κ2) is 8.79. The van der Waals surface area contributed by atoms with Crippen molar-refractivity contribution in [2.75, 3.05) is 13.2 Å². The number of rotatable bonds is 6. The predicted octanol–water partition coefficient (Wildman–Crippen LogP) is 0.0671. The molecule has 146 valence electrons. The summed E-state index contributed by atoms with van der Waals surface area (Å²) < 4.78 is 11.2. The lowest BCUT2D eigenvalue weighted by Gasteiger charge is -2.39. The Kier molecular flexibility index (Phi) is 6.43. The van der Waals surface area contributed by atoms with E-state index < -0.39 is 37.3 Å². The minimum atomic E-state index is -1.50. The molecule has 1 fully saturated rings. The van der Waals surface area contributed by atoms with Gasteiger partial charge in [0, 0.05) is 12.2 Å². The van der Waals surface area contributed by atoms with Crippen LogP contribution in [0.2, 0.25) is 0 Å². The molecule has 0 aromatic heterocycles. The van der Waals surface area contributed by atoms with E-state index in [1.165, 1.54) is 0 Å². The van der Waals surface area contributed by atoms with Crippen LogP contribution in [-0.2, 0) is 11.2 Å². The van der Waals surface area contributed by atoms with Gasteiger partial charge >= 0.3 is 0 Å². The Morgan fingerprint density at radius 1 is 0.889 bits per heavy atom. The summed E-state index contributed by atoms with van der Waals surface area (Å²) >= 11 is 0. The van der Waals surface area contributed by atoms with E-state index in [1.54, 1.807) is 12.1 Å². The van der Waals surface area contributed by atoms with E-state index in [9.17, 15) is 20.4 Å². The zero-order valence-electron chi connectivity index (χ0n) is 14.7. The molecule has 1 aliphatic heterocycles. The second-order valence-electron chi connectivity index (χ2n) is 6.49. The van der Waals surface area contributed by atoms with Crippen LogP contribution in [0.15, 0.2) is 48.5 Å². The van der Waals surface area contributed by atoms with Crippen molar-refractivity contribution in [3.05, 3.63) is 54.1 Å². The number of ether oxygens (including phenoxy) is 2. The van der Waals surface area contributed by atoms with Crippen LogP contribution in [-0.4, -0.2) is 69.5 Å². The number of benzene rings is 2. The largest absolute Gasteiger partial charge is 0.461 e. The molecule has 0 amide bonds. The molecule has 0 spiro atoms. The van der Waals surface area contributed by atoms with Crippen molar-refractivity contribution in [1.29, 1.82) is 0 Å². The molecule has 0 radical (unpaired) electrons. The van der Waals surface area contributed by atoms with E-state index in [0.717, 1.165) is 16.7 Å². The van der Waals surface area contributed by atoms with Crippen molar-refractivity contribution < 1.29 is 35.0 Å². The Bertz CT molecular complexity index is 749. The smallest absolute Gasteiger partial charge is 0.229 e. The SMILES string of the molecule is OCCc1cccc(-c2ccccc2O[C@H]2O[C@H](CO)[C@@H](O)[C@H](O)[C@@H]2O)c1. The molecule has 5 atom stereocenters. The van der Waals surface area contributed by atoms with Gasteiger partial charge in [0.15, 0.2) is 0 Å². The Labute approximate surface area is 157 Å². The van der Waals surface area contributed by atoms with Crippen LogP contribution >= 0.6 is 0 Å². The summed E-state index contributed by atoms with van der Waals surface area (Å²) in [7, 11) is 0. The molecular formula is C20H24O7. The fraction of sp³-hybridized carbons (Fsp3) is 0.400. The maximum Gasteiger partial charge on any atom is 0.229 e. The first kappa shape index (κ1) is 19.8. The van der Waals surface area contributed by atoms with Crippen LogP contribution in [0.5, 0.6) is 5.75 Å². The third-order valence-electron chi connectivity index (χ3n) is 4.62. The summed E-state index contributed by atoms with van der Waals surface area (Å²) in [6, 6.07) is 14.8. The fourth-order valence-corrected chi connectivity index (χ4v) is 3.12. The molecule has 7 nitrogen and oxygen atoms in total. The molecular weight excluding hydrogens is 352 g/mol. The third-order valence-corrected chi connectivity index (χ3v) is 4.62. The summed E-state index contributed by atoms with van der Waals surface area (Å²) in [4.78, 5) is 0. The van der Waals surface area contributed by atoms with Crippen molar-refractivity contribution in [3.63, 3.8) is 0 Å². The third kappa shape index (κ3) is 4.30. The van der Waals surface area contributed by atoms with Crippen LogP contribution in [0.25, 0.3) is 11.1 Å². The molecule has 0 bridgehead atoms. The lowest BCUT2D eigenvalue weighted by molar-refractivity contribution is -0.277. The van der Waals surface area contributed by atoms with Gasteiger partial charge in [-0.05, 0) is 23.6 Å². The molecule has 1 saturated heterocycles. The van der Waals surface area contributed by atoms with Gasteiger partial charge in [0.1, 0.15) is 30.2 Å². The van der Waals surface area contributed by atoms with Crippen molar-refractivity contribution in [3.8, 4) is 16.9 Å². The fourth-order valence-electron chi connectivity index (χ4n) is 3.12. The number of aliphatic hydroxyl groups is 5. The molecule has 1 heterocycles. The van der Waals surface area contributed by atoms with Crippen LogP contribution in [0.4, 0.5) is 0 Å². The first-order valence-electron chi connectivity index (χ1n) is 8.81. The van der Waals surface area contributed by atoms with Crippen molar-refractivity contribution in [1.82, 2.24) is 0 Å². The highest BCUT2D eigenvalue weighted by Gasteiger charge is 2.44. The highest BCUT2D eigenvalue weighted by atomic mass is 16.7. The maximum atomic E-state index is 10.2. The Morgan fingerprint density at radius 3 is 2.41 bits per heavy atom. The standard InChI is InChI=1S/C20H24O7/c21-9-8-12-4-3-5-13(10-12)14-6-1-2-7-15(14)26-20-19(25)18(24)17(23)16(11-22)27-20/h1-7,10,16-25H,8-9,11H2/t16-,17-,18+,19+,20+/m1/s1. The highest BCUT2D eigenvalue weighted by Crippen LogP contribution is 2.33. The minimum absolute atomic E-state index is 0.0481. The average molecular weight is 376 g/mol. The molecule has 2 aromatic rings. The van der Waals surface area contributed by atoms with Gasteiger partial charge in [-0.2, -0.15) is 0 Å². The lowest BCUT2D eigenvalue weighted by atomic mass is 9.99. The van der Waals surface area contributed by atoms with Gasteiger partial charge in [-0.1, -0.05) is 42.5 Å².